The molecule has 0 amide bonds. The second-order valence-electron chi connectivity index (χ2n) is 4.07. The Balaban J connectivity index is 2.40. The Labute approximate surface area is 108 Å². The zero-order chi connectivity index (χ0) is 12.1. The molecule has 0 saturated heterocycles. The summed E-state index contributed by atoms with van der Waals surface area (Å²) in [5, 5.41) is 2.53. The van der Waals surface area contributed by atoms with Crippen LogP contribution in [0.3, 0.4) is 0 Å². The molecule has 0 heterocycles. The Kier molecular flexibility index (Phi) is 4.07. The molecule has 0 aliphatic rings. The third kappa shape index (κ3) is 2.81. The Morgan fingerprint density at radius 2 is 1.82 bits per heavy atom. The van der Waals surface area contributed by atoms with Crippen molar-refractivity contribution >= 4 is 22.4 Å². The van der Waals surface area contributed by atoms with Gasteiger partial charge in [-0.25, -0.2) is 0 Å². The summed E-state index contributed by atoms with van der Waals surface area (Å²) in [6, 6.07) is 12.6. The summed E-state index contributed by atoms with van der Waals surface area (Å²) in [5.41, 5.74) is 2.41. The predicted molar refractivity (Wildman–Crippen MR) is 75.5 cm³/mol. The second-order valence-corrected chi connectivity index (χ2v) is 4.45. The van der Waals surface area contributed by atoms with Crippen LogP contribution in [0.4, 0.5) is 0 Å². The molecular formula is C16H15Cl. The van der Waals surface area contributed by atoms with Gasteiger partial charge in [-0.2, -0.15) is 0 Å². The summed E-state index contributed by atoms with van der Waals surface area (Å²) in [6.07, 6.45) is 1.82. The van der Waals surface area contributed by atoms with E-state index in [0.717, 1.165) is 18.4 Å². The summed E-state index contributed by atoms with van der Waals surface area (Å²) in [5.74, 6) is 7.10. The Morgan fingerprint density at radius 3 is 2.59 bits per heavy atom. The van der Waals surface area contributed by atoms with Crippen molar-refractivity contribution in [1.29, 1.82) is 0 Å². The molecule has 0 aromatic heterocycles. The van der Waals surface area contributed by atoms with Crippen molar-refractivity contribution in [3.8, 4) is 11.8 Å². The van der Waals surface area contributed by atoms with Crippen LogP contribution in [0.1, 0.15) is 24.0 Å². The SMILES string of the molecule is Cc1ccc(C#CCCCCl)c2ccccc12. The third-order valence-corrected chi connectivity index (χ3v) is 3.07. The maximum atomic E-state index is 5.63. The molecule has 2 rings (SSSR count). The molecule has 1 heteroatoms. The van der Waals surface area contributed by atoms with Gasteiger partial charge in [-0.3, -0.25) is 0 Å². The molecule has 17 heavy (non-hydrogen) atoms. The highest BCUT2D eigenvalue weighted by atomic mass is 35.5. The third-order valence-electron chi connectivity index (χ3n) is 2.80. The maximum Gasteiger partial charge on any atom is 0.0323 e. The number of fused-ring (bicyclic) bond motifs is 1. The molecule has 0 radical (unpaired) electrons. The smallest absolute Gasteiger partial charge is 0.0323 e. The second kappa shape index (κ2) is 5.75. The van der Waals surface area contributed by atoms with Gasteiger partial charge < -0.3 is 0 Å². The lowest BCUT2D eigenvalue weighted by atomic mass is 10.0. The molecule has 0 N–H and O–H groups in total. The van der Waals surface area contributed by atoms with Gasteiger partial charge in [-0.15, -0.1) is 11.6 Å². The van der Waals surface area contributed by atoms with Crippen LogP contribution in [-0.2, 0) is 0 Å². The molecule has 0 fully saturated rings. The first-order chi connectivity index (χ1) is 8.33. The van der Waals surface area contributed by atoms with Gasteiger partial charge in [0.25, 0.3) is 0 Å². The molecule has 0 atom stereocenters. The minimum absolute atomic E-state index is 0.684. The molecule has 0 nitrogen and oxygen atoms in total. The van der Waals surface area contributed by atoms with E-state index in [0.29, 0.717) is 5.88 Å². The zero-order valence-corrected chi connectivity index (χ0v) is 10.7. The van der Waals surface area contributed by atoms with Crippen LogP contribution in [0.5, 0.6) is 0 Å². The van der Waals surface area contributed by atoms with Crippen molar-refractivity contribution in [1.82, 2.24) is 0 Å². The van der Waals surface area contributed by atoms with Crippen LogP contribution < -0.4 is 0 Å². The number of unbranched alkanes of at least 4 members (excludes halogenated alkanes) is 1. The molecule has 0 unspecified atom stereocenters. The summed E-state index contributed by atoms with van der Waals surface area (Å²) in [7, 11) is 0. The van der Waals surface area contributed by atoms with E-state index in [-0.39, 0.29) is 0 Å². The summed E-state index contributed by atoms with van der Waals surface area (Å²) >= 11 is 5.63. The van der Waals surface area contributed by atoms with Gasteiger partial charge in [0.1, 0.15) is 0 Å². The molecule has 0 spiro atoms. The molecule has 0 aliphatic carbocycles. The highest BCUT2D eigenvalue weighted by Gasteiger charge is 1.99. The topological polar surface area (TPSA) is 0 Å². The van der Waals surface area contributed by atoms with Crippen LogP contribution in [-0.4, -0.2) is 5.88 Å². The normalized spacial score (nSPS) is 10.0. The lowest BCUT2D eigenvalue weighted by Gasteiger charge is -2.03. The van der Waals surface area contributed by atoms with E-state index in [2.05, 4.69) is 55.2 Å². The quantitative estimate of drug-likeness (QED) is 0.413. The number of aryl methyl sites for hydroxylation is 1. The van der Waals surface area contributed by atoms with Crippen LogP contribution >= 0.6 is 11.6 Å². The van der Waals surface area contributed by atoms with E-state index in [1.807, 2.05) is 0 Å². The molecule has 86 valence electrons. The zero-order valence-electron chi connectivity index (χ0n) is 9.96. The van der Waals surface area contributed by atoms with Crippen LogP contribution in [0, 0.1) is 18.8 Å². The number of alkyl halides is 1. The van der Waals surface area contributed by atoms with E-state index < -0.39 is 0 Å². The molecule has 0 bridgehead atoms. The molecule has 0 saturated carbocycles. The van der Waals surface area contributed by atoms with Gasteiger partial charge in [-0.1, -0.05) is 42.2 Å². The number of hydrogen-bond donors (Lipinski definition) is 0. The lowest BCUT2D eigenvalue weighted by molar-refractivity contribution is 0.991. The number of hydrogen-bond acceptors (Lipinski definition) is 0. The van der Waals surface area contributed by atoms with E-state index in [1.54, 1.807) is 0 Å². The molecule has 0 aliphatic heterocycles. The molecule has 2 aromatic rings. The van der Waals surface area contributed by atoms with Gasteiger partial charge in [0.15, 0.2) is 0 Å². The fourth-order valence-electron chi connectivity index (χ4n) is 1.87. The van der Waals surface area contributed by atoms with E-state index >= 15 is 0 Å². The number of halogens is 1. The van der Waals surface area contributed by atoms with Crippen molar-refractivity contribution in [2.75, 3.05) is 5.88 Å². The van der Waals surface area contributed by atoms with Crippen molar-refractivity contribution in [3.05, 3.63) is 47.5 Å². The van der Waals surface area contributed by atoms with Crippen molar-refractivity contribution < 1.29 is 0 Å². The van der Waals surface area contributed by atoms with Crippen molar-refractivity contribution in [2.45, 2.75) is 19.8 Å². The average Bonchev–Trinajstić information content (AvgIpc) is 2.37. The van der Waals surface area contributed by atoms with Crippen molar-refractivity contribution in [3.63, 3.8) is 0 Å². The maximum absolute atomic E-state index is 5.63. The van der Waals surface area contributed by atoms with Gasteiger partial charge in [0.2, 0.25) is 0 Å². The van der Waals surface area contributed by atoms with Gasteiger partial charge in [0.05, 0.1) is 0 Å². The fourth-order valence-corrected chi connectivity index (χ4v) is 2.01. The Hall–Kier alpha value is -1.45. The lowest BCUT2D eigenvalue weighted by Crippen LogP contribution is -1.83. The highest BCUT2D eigenvalue weighted by molar-refractivity contribution is 6.17. The average molecular weight is 243 g/mol. The van der Waals surface area contributed by atoms with E-state index in [1.165, 1.54) is 16.3 Å². The largest absolute Gasteiger partial charge is 0.127 e. The van der Waals surface area contributed by atoms with E-state index in [9.17, 15) is 0 Å². The van der Waals surface area contributed by atoms with Crippen LogP contribution in [0.2, 0.25) is 0 Å². The monoisotopic (exact) mass is 242 g/mol. The standard InChI is InChI=1S/C16H15Cl/c1-13-10-11-14(7-3-2-6-12-17)16-9-5-4-8-15(13)16/h4-5,8-11H,2,6,12H2,1H3. The first kappa shape index (κ1) is 12.0. The highest BCUT2D eigenvalue weighted by Crippen LogP contribution is 2.21. The van der Waals surface area contributed by atoms with Gasteiger partial charge in [-0.05, 0) is 35.7 Å². The first-order valence-electron chi connectivity index (χ1n) is 5.86. The summed E-state index contributed by atoms with van der Waals surface area (Å²) in [6.45, 7) is 2.13. The van der Waals surface area contributed by atoms with E-state index in [4.69, 9.17) is 11.6 Å². The minimum atomic E-state index is 0.684. The fraction of sp³-hybridized carbons (Fsp3) is 0.250. The van der Waals surface area contributed by atoms with Gasteiger partial charge >= 0.3 is 0 Å². The Bertz CT molecular complexity index is 573. The number of benzene rings is 2. The van der Waals surface area contributed by atoms with Crippen LogP contribution in [0.15, 0.2) is 36.4 Å². The van der Waals surface area contributed by atoms with Crippen molar-refractivity contribution in [2.24, 2.45) is 0 Å². The van der Waals surface area contributed by atoms with Crippen LogP contribution in [0.25, 0.3) is 10.8 Å². The molecule has 2 aromatic carbocycles. The first-order valence-corrected chi connectivity index (χ1v) is 6.39. The minimum Gasteiger partial charge on any atom is -0.127 e. The Morgan fingerprint density at radius 1 is 1.06 bits per heavy atom. The molecular weight excluding hydrogens is 228 g/mol. The predicted octanol–water partition coefficient (Wildman–Crippen LogP) is 4.52. The summed E-state index contributed by atoms with van der Waals surface area (Å²) in [4.78, 5) is 0. The van der Waals surface area contributed by atoms with Gasteiger partial charge in [0, 0.05) is 17.9 Å². The number of rotatable bonds is 2. The summed E-state index contributed by atoms with van der Waals surface area (Å²) < 4.78 is 0.